The van der Waals surface area contributed by atoms with Gasteiger partial charge >= 0.3 is 0 Å². The molecule has 1 fully saturated rings. The quantitative estimate of drug-likeness (QED) is 0.914. The molecule has 0 spiro atoms. The van der Waals surface area contributed by atoms with E-state index >= 15 is 0 Å². The van der Waals surface area contributed by atoms with Gasteiger partial charge in [-0.25, -0.2) is 0 Å². The molecule has 1 aromatic rings. The number of hydrogen-bond donors (Lipinski definition) is 1. The summed E-state index contributed by atoms with van der Waals surface area (Å²) in [5, 5.41) is 9.93. The first-order valence-electron chi connectivity index (χ1n) is 6.70. The predicted molar refractivity (Wildman–Crippen MR) is 74.0 cm³/mol. The van der Waals surface area contributed by atoms with Crippen molar-refractivity contribution < 1.29 is 19.4 Å². The number of carbonyl (C=O) groups excluding carboxylic acids is 2. The van der Waals surface area contributed by atoms with Gasteiger partial charge in [0.2, 0.25) is 0 Å². The Hall–Kier alpha value is -2.04. The van der Waals surface area contributed by atoms with Crippen LogP contribution in [0.1, 0.15) is 36.5 Å². The number of rotatable bonds is 4. The third-order valence-electron chi connectivity index (χ3n) is 3.60. The number of benzene rings is 1. The molecule has 1 aromatic carbocycles. The van der Waals surface area contributed by atoms with Crippen LogP contribution in [0.3, 0.4) is 0 Å². The van der Waals surface area contributed by atoms with Gasteiger partial charge in [-0.2, -0.15) is 0 Å². The van der Waals surface area contributed by atoms with E-state index in [-0.39, 0.29) is 29.0 Å². The van der Waals surface area contributed by atoms with Gasteiger partial charge in [0.25, 0.3) is 5.91 Å². The summed E-state index contributed by atoms with van der Waals surface area (Å²) in [7, 11) is 1.50. The Morgan fingerprint density at radius 3 is 2.80 bits per heavy atom. The molecule has 1 amide bonds. The molecular formula is C15H19NO4. The maximum atomic E-state index is 12.5. The number of ether oxygens (including phenoxy) is 1. The van der Waals surface area contributed by atoms with Crippen molar-refractivity contribution in [2.45, 2.75) is 32.2 Å². The minimum atomic E-state index is -0.228. The third kappa shape index (κ3) is 2.92. The molecule has 2 rings (SSSR count). The maximum Gasteiger partial charge on any atom is 0.257 e. The van der Waals surface area contributed by atoms with Crippen molar-refractivity contribution in [3.8, 4) is 11.5 Å². The van der Waals surface area contributed by atoms with E-state index in [0.717, 1.165) is 12.8 Å². The number of Topliss-reactive ketones (excluding diaryl/α,β-unsaturated/α-hetero) is 1. The monoisotopic (exact) mass is 277 g/mol. The summed E-state index contributed by atoms with van der Waals surface area (Å²) in [5.74, 6) is 0.256. The molecule has 1 saturated heterocycles. The van der Waals surface area contributed by atoms with E-state index in [1.54, 1.807) is 17.0 Å². The molecular weight excluding hydrogens is 258 g/mol. The average Bonchev–Trinajstić information content (AvgIpc) is 2.85. The molecule has 20 heavy (non-hydrogen) atoms. The van der Waals surface area contributed by atoms with Crippen molar-refractivity contribution in [1.82, 2.24) is 4.90 Å². The molecule has 1 atom stereocenters. The number of methoxy groups -OCH3 is 1. The van der Waals surface area contributed by atoms with Crippen molar-refractivity contribution in [2.24, 2.45) is 0 Å². The highest BCUT2D eigenvalue weighted by Gasteiger charge is 2.31. The molecule has 1 unspecified atom stereocenters. The molecule has 0 saturated carbocycles. The number of amides is 1. The van der Waals surface area contributed by atoms with Crippen LogP contribution >= 0.6 is 0 Å². The highest BCUT2D eigenvalue weighted by atomic mass is 16.5. The molecule has 1 aliphatic heterocycles. The molecule has 0 aliphatic carbocycles. The van der Waals surface area contributed by atoms with Crippen molar-refractivity contribution in [3.05, 3.63) is 23.8 Å². The molecule has 5 heteroatoms. The Labute approximate surface area is 118 Å². The highest BCUT2D eigenvalue weighted by Crippen LogP contribution is 2.28. The number of phenolic OH excluding ortho intramolecular Hbond substituents is 1. The van der Waals surface area contributed by atoms with E-state index in [4.69, 9.17) is 4.74 Å². The van der Waals surface area contributed by atoms with Crippen molar-refractivity contribution in [3.63, 3.8) is 0 Å². The van der Waals surface area contributed by atoms with Crippen molar-refractivity contribution >= 4 is 11.7 Å². The smallest absolute Gasteiger partial charge is 0.257 e. The van der Waals surface area contributed by atoms with Gasteiger partial charge in [-0.1, -0.05) is 0 Å². The summed E-state index contributed by atoms with van der Waals surface area (Å²) in [6, 6.07) is 4.56. The molecule has 1 aliphatic rings. The van der Waals surface area contributed by atoms with Gasteiger partial charge in [0.1, 0.15) is 17.3 Å². The first-order chi connectivity index (χ1) is 9.52. The zero-order valence-corrected chi connectivity index (χ0v) is 11.8. The number of carbonyl (C=O) groups is 2. The normalized spacial score (nSPS) is 18.1. The van der Waals surface area contributed by atoms with Gasteiger partial charge in [-0.05, 0) is 31.9 Å². The predicted octanol–water partition coefficient (Wildman–Crippen LogP) is 1.98. The van der Waals surface area contributed by atoms with Crippen LogP contribution in [-0.2, 0) is 4.79 Å². The molecule has 0 radical (unpaired) electrons. The largest absolute Gasteiger partial charge is 0.507 e. The summed E-state index contributed by atoms with van der Waals surface area (Å²) < 4.78 is 5.00. The molecule has 108 valence electrons. The first kappa shape index (κ1) is 14.4. The lowest BCUT2D eigenvalue weighted by atomic mass is 10.1. The fourth-order valence-corrected chi connectivity index (χ4v) is 2.62. The van der Waals surface area contributed by atoms with Gasteiger partial charge in [0.05, 0.1) is 12.7 Å². The molecule has 1 heterocycles. The first-order valence-corrected chi connectivity index (χ1v) is 6.70. The molecule has 0 aromatic heterocycles. The fraction of sp³-hybridized carbons (Fsp3) is 0.467. The summed E-state index contributed by atoms with van der Waals surface area (Å²) in [6.07, 6.45) is 2.10. The summed E-state index contributed by atoms with van der Waals surface area (Å²) in [6.45, 7) is 2.16. The van der Waals surface area contributed by atoms with Crippen LogP contribution in [0.5, 0.6) is 11.5 Å². The number of aromatic hydroxyl groups is 1. The van der Waals surface area contributed by atoms with Gasteiger partial charge < -0.3 is 14.7 Å². The van der Waals surface area contributed by atoms with E-state index < -0.39 is 0 Å². The van der Waals surface area contributed by atoms with Crippen molar-refractivity contribution in [1.29, 1.82) is 0 Å². The second-order valence-corrected chi connectivity index (χ2v) is 5.08. The summed E-state index contributed by atoms with van der Waals surface area (Å²) >= 11 is 0. The van der Waals surface area contributed by atoms with Crippen LogP contribution in [-0.4, -0.2) is 41.4 Å². The Morgan fingerprint density at radius 2 is 2.20 bits per heavy atom. The number of phenols is 1. The zero-order chi connectivity index (χ0) is 14.7. The minimum absolute atomic E-state index is 0.0542. The van der Waals surface area contributed by atoms with Gasteiger partial charge in [-0.15, -0.1) is 0 Å². The standard InChI is InChI=1S/C15H19NO4/c1-10(17)8-11-4-3-7-16(11)15(19)13-6-5-12(20-2)9-14(13)18/h5-6,9,11,18H,3-4,7-8H2,1-2H3. The van der Waals surface area contributed by atoms with Gasteiger partial charge in [0.15, 0.2) is 0 Å². The van der Waals surface area contributed by atoms with Crippen molar-refractivity contribution in [2.75, 3.05) is 13.7 Å². The number of hydrogen-bond acceptors (Lipinski definition) is 4. The second-order valence-electron chi connectivity index (χ2n) is 5.08. The van der Waals surface area contributed by atoms with Gasteiger partial charge in [-0.3, -0.25) is 9.59 Å². The Morgan fingerprint density at radius 1 is 1.45 bits per heavy atom. The average molecular weight is 277 g/mol. The lowest BCUT2D eigenvalue weighted by Gasteiger charge is -2.24. The van der Waals surface area contributed by atoms with Crippen LogP contribution in [0.2, 0.25) is 0 Å². The SMILES string of the molecule is COc1ccc(C(=O)N2CCCC2CC(C)=O)c(O)c1. The second kappa shape index (κ2) is 5.94. The van der Waals surface area contributed by atoms with Crippen LogP contribution in [0.4, 0.5) is 0 Å². The van der Waals surface area contributed by atoms with E-state index in [9.17, 15) is 14.7 Å². The maximum absolute atomic E-state index is 12.5. The van der Waals surface area contributed by atoms with Crippen LogP contribution in [0.25, 0.3) is 0 Å². The summed E-state index contributed by atoms with van der Waals surface area (Å²) in [4.78, 5) is 25.4. The molecule has 5 nitrogen and oxygen atoms in total. The highest BCUT2D eigenvalue weighted by molar-refractivity contribution is 5.97. The summed E-state index contributed by atoms with van der Waals surface area (Å²) in [5.41, 5.74) is 0.251. The number of nitrogens with zero attached hydrogens (tertiary/aromatic N) is 1. The van der Waals surface area contributed by atoms with E-state index in [0.29, 0.717) is 18.7 Å². The third-order valence-corrected chi connectivity index (χ3v) is 3.60. The number of ketones is 1. The Kier molecular flexibility index (Phi) is 4.27. The van der Waals surface area contributed by atoms with Crippen LogP contribution in [0, 0.1) is 0 Å². The molecule has 0 bridgehead atoms. The van der Waals surface area contributed by atoms with Crippen LogP contribution in [0.15, 0.2) is 18.2 Å². The number of likely N-dealkylation sites (tertiary alicyclic amines) is 1. The van der Waals surface area contributed by atoms with Gasteiger partial charge in [0, 0.05) is 25.1 Å². The fourth-order valence-electron chi connectivity index (χ4n) is 2.62. The zero-order valence-electron chi connectivity index (χ0n) is 11.8. The van der Waals surface area contributed by atoms with E-state index in [2.05, 4.69) is 0 Å². The topological polar surface area (TPSA) is 66.8 Å². The van der Waals surface area contributed by atoms with E-state index in [1.807, 2.05) is 0 Å². The van der Waals surface area contributed by atoms with Crippen LogP contribution < -0.4 is 4.74 Å². The van der Waals surface area contributed by atoms with E-state index in [1.165, 1.54) is 20.1 Å². The molecule has 1 N–H and O–H groups in total. The lowest BCUT2D eigenvalue weighted by molar-refractivity contribution is -0.117. The Bertz CT molecular complexity index is 527. The Balaban J connectivity index is 2.20. The lowest BCUT2D eigenvalue weighted by Crippen LogP contribution is -2.36. The minimum Gasteiger partial charge on any atom is -0.507 e.